The number of hydrogen-bond acceptors (Lipinski definition) is 3. The number of anilines is 1. The SMILES string of the molecule is CCC(C)c1ccc(NS(=O)(=O)CC23CCC(CC2=O)C3(C)C)cc1. The Morgan fingerprint density at radius 3 is 2.36 bits per heavy atom. The van der Waals surface area contributed by atoms with Gasteiger partial charge in [0.2, 0.25) is 10.0 Å². The van der Waals surface area contributed by atoms with Gasteiger partial charge in [0.15, 0.2) is 0 Å². The van der Waals surface area contributed by atoms with Crippen molar-refractivity contribution in [2.45, 2.75) is 59.3 Å². The lowest BCUT2D eigenvalue weighted by molar-refractivity contribution is -0.128. The summed E-state index contributed by atoms with van der Waals surface area (Å²) in [6.07, 6.45) is 3.23. The fraction of sp³-hybridized carbons (Fsp3) is 0.650. The maximum atomic E-state index is 12.8. The highest BCUT2D eigenvalue weighted by atomic mass is 32.2. The summed E-state index contributed by atoms with van der Waals surface area (Å²) in [5.41, 5.74) is 0.815. The predicted molar refractivity (Wildman–Crippen MR) is 101 cm³/mol. The molecule has 2 aliphatic carbocycles. The zero-order valence-electron chi connectivity index (χ0n) is 15.6. The van der Waals surface area contributed by atoms with E-state index in [1.165, 1.54) is 5.56 Å². The molecule has 1 N–H and O–H groups in total. The van der Waals surface area contributed by atoms with Crippen molar-refractivity contribution in [3.63, 3.8) is 0 Å². The van der Waals surface area contributed by atoms with Gasteiger partial charge in [-0.15, -0.1) is 0 Å². The molecule has 1 aromatic carbocycles. The minimum absolute atomic E-state index is 0.102. The fourth-order valence-electron chi connectivity index (χ4n) is 4.76. The number of fused-ring (bicyclic) bond motifs is 2. The van der Waals surface area contributed by atoms with Crippen molar-refractivity contribution in [3.8, 4) is 0 Å². The molecule has 0 amide bonds. The first kappa shape index (κ1) is 18.4. The van der Waals surface area contributed by atoms with Gasteiger partial charge in [-0.2, -0.15) is 0 Å². The Hall–Kier alpha value is -1.36. The van der Waals surface area contributed by atoms with Crippen molar-refractivity contribution in [2.75, 3.05) is 10.5 Å². The van der Waals surface area contributed by atoms with Gasteiger partial charge in [0.1, 0.15) is 5.78 Å². The maximum Gasteiger partial charge on any atom is 0.233 e. The van der Waals surface area contributed by atoms with E-state index in [4.69, 9.17) is 0 Å². The molecule has 0 saturated heterocycles. The van der Waals surface area contributed by atoms with Gasteiger partial charge in [0, 0.05) is 12.1 Å². The van der Waals surface area contributed by atoms with Crippen LogP contribution < -0.4 is 4.72 Å². The standard InChI is InChI=1S/C20H29NO3S/c1-5-14(2)15-6-8-17(9-7-15)21-25(23,24)13-20-11-10-16(12-18(20)22)19(20,3)4/h6-9,14,16,21H,5,10-13H2,1-4H3. The molecule has 3 unspecified atom stereocenters. The number of Topliss-reactive ketones (excluding diaryl/α,β-unsaturated/α-hetero) is 1. The molecule has 2 saturated carbocycles. The van der Waals surface area contributed by atoms with Crippen LogP contribution in [0.15, 0.2) is 24.3 Å². The molecule has 0 aromatic heterocycles. The van der Waals surface area contributed by atoms with Crippen LogP contribution in [0.1, 0.15) is 64.9 Å². The molecule has 2 fully saturated rings. The van der Waals surface area contributed by atoms with Gasteiger partial charge in [-0.1, -0.05) is 39.8 Å². The maximum absolute atomic E-state index is 12.8. The van der Waals surface area contributed by atoms with E-state index in [1.807, 2.05) is 24.3 Å². The highest BCUT2D eigenvalue weighted by Gasteiger charge is 2.65. The van der Waals surface area contributed by atoms with E-state index in [9.17, 15) is 13.2 Å². The number of carbonyl (C=O) groups excluding carboxylic acids is 1. The summed E-state index contributed by atoms with van der Waals surface area (Å²) in [4.78, 5) is 12.6. The zero-order valence-corrected chi connectivity index (χ0v) is 16.4. The molecule has 1 aromatic rings. The summed E-state index contributed by atoms with van der Waals surface area (Å²) >= 11 is 0. The Bertz CT molecular complexity index is 767. The molecule has 2 aliphatic rings. The smallest absolute Gasteiger partial charge is 0.233 e. The van der Waals surface area contributed by atoms with E-state index in [2.05, 4.69) is 32.4 Å². The summed E-state index contributed by atoms with van der Waals surface area (Å²) in [7, 11) is -3.58. The first-order valence-corrected chi connectivity index (χ1v) is 10.9. The molecule has 0 spiro atoms. The van der Waals surface area contributed by atoms with Gasteiger partial charge in [-0.3, -0.25) is 9.52 Å². The van der Waals surface area contributed by atoms with Gasteiger partial charge in [0.25, 0.3) is 0 Å². The highest BCUT2D eigenvalue weighted by molar-refractivity contribution is 7.92. The number of carbonyl (C=O) groups is 1. The molecular weight excluding hydrogens is 334 g/mol. The number of hydrogen-bond donors (Lipinski definition) is 1. The average Bonchev–Trinajstić information content (AvgIpc) is 2.88. The van der Waals surface area contributed by atoms with E-state index in [1.54, 1.807) is 0 Å². The number of benzene rings is 1. The molecule has 0 aliphatic heterocycles. The van der Waals surface area contributed by atoms with Crippen LogP contribution in [0.25, 0.3) is 0 Å². The molecule has 5 heteroatoms. The lowest BCUT2D eigenvalue weighted by Gasteiger charge is -2.36. The summed E-state index contributed by atoms with van der Waals surface area (Å²) in [6, 6.07) is 7.58. The highest BCUT2D eigenvalue weighted by Crippen LogP contribution is 2.64. The lowest BCUT2D eigenvalue weighted by Crippen LogP contribution is -2.43. The van der Waals surface area contributed by atoms with E-state index in [0.717, 1.165) is 12.8 Å². The molecule has 3 atom stereocenters. The molecule has 0 heterocycles. The normalized spacial score (nSPS) is 29.0. The Labute approximate surface area is 151 Å². The zero-order chi connectivity index (χ0) is 18.5. The molecule has 3 rings (SSSR count). The van der Waals surface area contributed by atoms with Crippen molar-refractivity contribution >= 4 is 21.5 Å². The average molecular weight is 364 g/mol. The Balaban J connectivity index is 1.78. The lowest BCUT2D eigenvalue weighted by atomic mass is 9.70. The van der Waals surface area contributed by atoms with E-state index >= 15 is 0 Å². The van der Waals surface area contributed by atoms with Crippen LogP contribution >= 0.6 is 0 Å². The third-order valence-corrected chi connectivity index (χ3v) is 8.36. The largest absolute Gasteiger partial charge is 0.299 e. The minimum Gasteiger partial charge on any atom is -0.299 e. The molecule has 25 heavy (non-hydrogen) atoms. The first-order valence-electron chi connectivity index (χ1n) is 9.25. The molecule has 2 bridgehead atoms. The molecule has 4 nitrogen and oxygen atoms in total. The number of ketones is 1. The summed E-state index contributed by atoms with van der Waals surface area (Å²) in [5, 5.41) is 0. The second-order valence-electron chi connectivity index (χ2n) is 8.46. The third kappa shape index (κ3) is 3.01. The quantitative estimate of drug-likeness (QED) is 0.818. The molecular formula is C20H29NO3S. The van der Waals surface area contributed by atoms with Gasteiger partial charge in [-0.25, -0.2) is 8.42 Å². The van der Waals surface area contributed by atoms with Crippen molar-refractivity contribution in [1.82, 2.24) is 0 Å². The summed E-state index contributed by atoms with van der Waals surface area (Å²) in [5.74, 6) is 0.809. The summed E-state index contributed by atoms with van der Waals surface area (Å²) in [6.45, 7) is 8.41. The van der Waals surface area contributed by atoms with Gasteiger partial charge in [0.05, 0.1) is 11.2 Å². The van der Waals surface area contributed by atoms with Crippen LogP contribution in [0.4, 0.5) is 5.69 Å². The van der Waals surface area contributed by atoms with E-state index in [-0.39, 0.29) is 17.0 Å². The number of nitrogens with one attached hydrogen (secondary N) is 1. The fourth-order valence-corrected chi connectivity index (χ4v) is 6.66. The third-order valence-electron chi connectivity index (χ3n) is 6.94. The van der Waals surface area contributed by atoms with Crippen molar-refractivity contribution in [3.05, 3.63) is 29.8 Å². The Kier molecular flexibility index (Phi) is 4.51. The van der Waals surface area contributed by atoms with Crippen LogP contribution in [0, 0.1) is 16.7 Å². The monoisotopic (exact) mass is 363 g/mol. The van der Waals surface area contributed by atoms with E-state index < -0.39 is 15.4 Å². The second kappa shape index (κ2) is 6.11. The summed E-state index contributed by atoms with van der Waals surface area (Å²) < 4.78 is 28.3. The van der Waals surface area contributed by atoms with Gasteiger partial charge in [-0.05, 0) is 54.2 Å². The topological polar surface area (TPSA) is 63.2 Å². The number of rotatable bonds is 6. The second-order valence-corrected chi connectivity index (χ2v) is 10.2. The van der Waals surface area contributed by atoms with Crippen LogP contribution in [-0.2, 0) is 14.8 Å². The van der Waals surface area contributed by atoms with Gasteiger partial charge >= 0.3 is 0 Å². The van der Waals surface area contributed by atoms with Crippen molar-refractivity contribution < 1.29 is 13.2 Å². The van der Waals surface area contributed by atoms with Crippen molar-refractivity contribution in [1.29, 1.82) is 0 Å². The predicted octanol–water partition coefficient (Wildman–Crippen LogP) is 4.34. The Morgan fingerprint density at radius 2 is 1.88 bits per heavy atom. The molecule has 0 radical (unpaired) electrons. The first-order chi connectivity index (χ1) is 11.6. The van der Waals surface area contributed by atoms with Crippen LogP contribution in [0.3, 0.4) is 0 Å². The van der Waals surface area contributed by atoms with Crippen LogP contribution in [0.5, 0.6) is 0 Å². The van der Waals surface area contributed by atoms with E-state index in [0.29, 0.717) is 30.4 Å². The van der Waals surface area contributed by atoms with Crippen LogP contribution in [0.2, 0.25) is 0 Å². The van der Waals surface area contributed by atoms with Crippen LogP contribution in [-0.4, -0.2) is 20.0 Å². The Morgan fingerprint density at radius 1 is 1.24 bits per heavy atom. The van der Waals surface area contributed by atoms with Gasteiger partial charge < -0.3 is 0 Å². The number of sulfonamides is 1. The molecule has 138 valence electrons. The van der Waals surface area contributed by atoms with Crippen molar-refractivity contribution in [2.24, 2.45) is 16.7 Å². The minimum atomic E-state index is -3.58.